The molecule has 2 bridgehead atoms. The Kier molecular flexibility index (Phi) is 4.34. The number of nitrogens with zero attached hydrogens (tertiary/aromatic N) is 4. The van der Waals surface area contributed by atoms with E-state index in [1.54, 1.807) is 6.20 Å². The first kappa shape index (κ1) is 18.2. The van der Waals surface area contributed by atoms with Crippen molar-refractivity contribution < 1.29 is 14.3 Å². The average Bonchev–Trinajstić information content (AvgIpc) is 3.13. The SMILES string of the molecule is O=C(O)[C@@H]1C2CCC(CC2)[C@H]1Nc1nc(-c2c[nH]c3ncc(Cl)nc23)ncc1F. The molecule has 3 aromatic heterocycles. The number of hydrogen-bond donors (Lipinski definition) is 3. The number of aromatic nitrogens is 5. The molecule has 0 unspecified atom stereocenters. The second-order valence-electron chi connectivity index (χ2n) is 7.69. The summed E-state index contributed by atoms with van der Waals surface area (Å²) < 4.78 is 14.5. The molecular weight excluding hydrogens is 399 g/mol. The van der Waals surface area contributed by atoms with E-state index in [2.05, 4.69) is 30.2 Å². The van der Waals surface area contributed by atoms with E-state index in [9.17, 15) is 14.3 Å². The Hall–Kier alpha value is -2.81. The number of hydrogen-bond acceptors (Lipinski definition) is 6. The maximum absolute atomic E-state index is 14.5. The lowest BCUT2D eigenvalue weighted by molar-refractivity contribution is -0.148. The van der Waals surface area contributed by atoms with Crippen LogP contribution in [0, 0.1) is 23.6 Å². The second kappa shape index (κ2) is 6.91. The van der Waals surface area contributed by atoms with Crippen molar-refractivity contribution in [2.75, 3.05) is 5.32 Å². The third-order valence-corrected chi connectivity index (χ3v) is 6.33. The van der Waals surface area contributed by atoms with Gasteiger partial charge in [0.15, 0.2) is 23.1 Å². The quantitative estimate of drug-likeness (QED) is 0.595. The molecule has 10 heteroatoms. The zero-order valence-electron chi connectivity index (χ0n) is 15.3. The Balaban J connectivity index is 1.51. The minimum atomic E-state index is -0.840. The summed E-state index contributed by atoms with van der Waals surface area (Å²) in [7, 11) is 0. The lowest BCUT2D eigenvalue weighted by atomic mass is 9.61. The van der Waals surface area contributed by atoms with Crippen LogP contribution >= 0.6 is 11.6 Å². The van der Waals surface area contributed by atoms with Gasteiger partial charge in [-0.3, -0.25) is 4.79 Å². The first-order valence-corrected chi connectivity index (χ1v) is 9.91. The van der Waals surface area contributed by atoms with E-state index < -0.39 is 17.7 Å². The predicted molar refractivity (Wildman–Crippen MR) is 104 cm³/mol. The van der Waals surface area contributed by atoms with Crippen molar-refractivity contribution >= 4 is 34.6 Å². The number of aromatic amines is 1. The molecule has 3 aromatic rings. The molecule has 0 spiro atoms. The monoisotopic (exact) mass is 416 g/mol. The largest absolute Gasteiger partial charge is 0.481 e. The van der Waals surface area contributed by atoms with Crippen molar-refractivity contribution in [1.29, 1.82) is 0 Å². The highest BCUT2D eigenvalue weighted by atomic mass is 35.5. The van der Waals surface area contributed by atoms with Crippen molar-refractivity contribution in [3.8, 4) is 11.4 Å². The molecule has 3 N–H and O–H groups in total. The highest BCUT2D eigenvalue weighted by Gasteiger charge is 2.47. The fourth-order valence-corrected chi connectivity index (χ4v) is 4.94. The Morgan fingerprint density at radius 1 is 1.17 bits per heavy atom. The number of carboxylic acid groups (broad SMARTS) is 1. The molecule has 3 aliphatic carbocycles. The van der Waals surface area contributed by atoms with Crippen LogP contribution in [0.5, 0.6) is 0 Å². The number of rotatable bonds is 4. The van der Waals surface area contributed by atoms with Gasteiger partial charge in [0.25, 0.3) is 0 Å². The Labute approximate surface area is 170 Å². The van der Waals surface area contributed by atoms with E-state index in [0.29, 0.717) is 16.7 Å². The van der Waals surface area contributed by atoms with Gasteiger partial charge in [-0.25, -0.2) is 24.3 Å². The summed E-state index contributed by atoms with van der Waals surface area (Å²) >= 11 is 5.95. The van der Waals surface area contributed by atoms with Crippen LogP contribution in [0.3, 0.4) is 0 Å². The van der Waals surface area contributed by atoms with Gasteiger partial charge in [0.2, 0.25) is 0 Å². The molecule has 0 amide bonds. The van der Waals surface area contributed by atoms with Gasteiger partial charge in [-0.05, 0) is 37.5 Å². The van der Waals surface area contributed by atoms with Crippen LogP contribution in [-0.2, 0) is 4.79 Å². The first-order valence-electron chi connectivity index (χ1n) is 9.53. The Morgan fingerprint density at radius 2 is 1.93 bits per heavy atom. The van der Waals surface area contributed by atoms with Crippen LogP contribution in [0.4, 0.5) is 10.2 Å². The minimum Gasteiger partial charge on any atom is -0.481 e. The van der Waals surface area contributed by atoms with Gasteiger partial charge in [-0.15, -0.1) is 0 Å². The normalized spacial score (nSPS) is 26.0. The predicted octanol–water partition coefficient (Wildman–Crippen LogP) is 3.51. The number of nitrogens with one attached hydrogen (secondary N) is 2. The summed E-state index contributed by atoms with van der Waals surface area (Å²) in [6.07, 6.45) is 7.86. The lowest BCUT2D eigenvalue weighted by Crippen LogP contribution is -2.51. The van der Waals surface area contributed by atoms with Gasteiger partial charge in [0.05, 0.1) is 23.9 Å². The van der Waals surface area contributed by atoms with Crippen LogP contribution in [0.2, 0.25) is 5.15 Å². The highest BCUT2D eigenvalue weighted by Crippen LogP contribution is 2.46. The zero-order valence-corrected chi connectivity index (χ0v) is 16.0. The molecule has 3 saturated carbocycles. The van der Waals surface area contributed by atoms with E-state index in [0.717, 1.165) is 31.9 Å². The molecule has 3 heterocycles. The van der Waals surface area contributed by atoms with Crippen LogP contribution in [0.15, 0.2) is 18.6 Å². The number of carboxylic acids is 1. The van der Waals surface area contributed by atoms with Crippen LogP contribution in [0.25, 0.3) is 22.6 Å². The van der Waals surface area contributed by atoms with Gasteiger partial charge in [0.1, 0.15) is 10.7 Å². The Morgan fingerprint density at radius 3 is 2.69 bits per heavy atom. The maximum atomic E-state index is 14.5. The first-order chi connectivity index (χ1) is 14.0. The number of aliphatic carboxylic acids is 1. The minimum absolute atomic E-state index is 0.00290. The van der Waals surface area contributed by atoms with E-state index in [4.69, 9.17) is 11.6 Å². The zero-order chi connectivity index (χ0) is 20.1. The van der Waals surface area contributed by atoms with Crippen molar-refractivity contribution in [2.45, 2.75) is 31.7 Å². The standard InChI is InChI=1S/C19H18ClFN6O2/c20-12-7-24-18-15(25-12)10(5-22-18)16-23-6-11(21)17(27-16)26-14-9-3-1-8(2-4-9)13(14)19(28)29/h5-9,13-14H,1-4H2,(H,22,24)(H,28,29)(H,23,26,27)/t8?,9?,13-,14-/m1/s1. The van der Waals surface area contributed by atoms with E-state index in [-0.39, 0.29) is 34.7 Å². The van der Waals surface area contributed by atoms with Crippen molar-refractivity contribution in [1.82, 2.24) is 24.9 Å². The lowest BCUT2D eigenvalue weighted by Gasteiger charge is -2.47. The number of anilines is 1. The van der Waals surface area contributed by atoms with E-state index in [1.807, 2.05) is 0 Å². The molecule has 6 rings (SSSR count). The highest BCUT2D eigenvalue weighted by molar-refractivity contribution is 6.29. The molecule has 3 fully saturated rings. The van der Waals surface area contributed by atoms with Gasteiger partial charge in [-0.1, -0.05) is 11.6 Å². The summed E-state index contributed by atoms with van der Waals surface area (Å²) in [6.45, 7) is 0. The van der Waals surface area contributed by atoms with Crippen LogP contribution in [-0.4, -0.2) is 42.0 Å². The topological polar surface area (TPSA) is 117 Å². The van der Waals surface area contributed by atoms with Crippen molar-refractivity contribution in [3.63, 3.8) is 0 Å². The molecule has 0 aliphatic heterocycles. The Bertz CT molecular complexity index is 1100. The number of carbonyl (C=O) groups is 1. The summed E-state index contributed by atoms with van der Waals surface area (Å²) in [5.74, 6) is -1.44. The molecule has 0 saturated heterocycles. The smallest absolute Gasteiger partial charge is 0.308 e. The van der Waals surface area contributed by atoms with Gasteiger partial charge >= 0.3 is 5.97 Å². The molecule has 150 valence electrons. The van der Waals surface area contributed by atoms with Crippen molar-refractivity contribution in [2.24, 2.45) is 17.8 Å². The maximum Gasteiger partial charge on any atom is 0.308 e. The van der Waals surface area contributed by atoms with Crippen molar-refractivity contribution in [3.05, 3.63) is 29.6 Å². The molecule has 29 heavy (non-hydrogen) atoms. The molecule has 0 radical (unpaired) electrons. The van der Waals surface area contributed by atoms with E-state index >= 15 is 0 Å². The van der Waals surface area contributed by atoms with E-state index in [1.165, 1.54) is 6.20 Å². The third kappa shape index (κ3) is 3.09. The van der Waals surface area contributed by atoms with Gasteiger partial charge < -0.3 is 15.4 Å². The fraction of sp³-hybridized carbons (Fsp3) is 0.421. The summed E-state index contributed by atoms with van der Waals surface area (Å²) in [4.78, 5) is 31.7. The summed E-state index contributed by atoms with van der Waals surface area (Å²) in [5.41, 5.74) is 1.54. The summed E-state index contributed by atoms with van der Waals surface area (Å²) in [5, 5.41) is 13.0. The summed E-state index contributed by atoms with van der Waals surface area (Å²) in [6, 6.07) is -0.352. The second-order valence-corrected chi connectivity index (χ2v) is 8.08. The average molecular weight is 417 g/mol. The number of halogens is 2. The molecular formula is C19H18ClFN6O2. The fourth-order valence-electron chi connectivity index (χ4n) is 4.81. The molecule has 2 atom stereocenters. The third-order valence-electron chi connectivity index (χ3n) is 6.14. The molecule has 3 aliphatic rings. The van der Waals surface area contributed by atoms with Gasteiger partial charge in [-0.2, -0.15) is 0 Å². The number of H-pyrrole nitrogens is 1. The van der Waals surface area contributed by atoms with Crippen LogP contribution < -0.4 is 5.32 Å². The molecule has 8 nitrogen and oxygen atoms in total. The molecule has 0 aromatic carbocycles. The van der Waals surface area contributed by atoms with Gasteiger partial charge in [0, 0.05) is 12.2 Å². The van der Waals surface area contributed by atoms with Crippen LogP contribution in [0.1, 0.15) is 25.7 Å². The number of fused-ring (bicyclic) bond motifs is 4.